The molecule has 0 bridgehead atoms. The van der Waals surface area contributed by atoms with Gasteiger partial charge < -0.3 is 13.9 Å². The van der Waals surface area contributed by atoms with E-state index < -0.39 is 5.63 Å². The Morgan fingerprint density at radius 3 is 2.78 bits per heavy atom. The van der Waals surface area contributed by atoms with Gasteiger partial charge in [0.15, 0.2) is 11.5 Å². The van der Waals surface area contributed by atoms with Crippen LogP contribution in [-0.4, -0.2) is 19.1 Å². The van der Waals surface area contributed by atoms with Gasteiger partial charge in [0.25, 0.3) is 0 Å². The number of benzene rings is 1. The second-order valence-electron chi connectivity index (χ2n) is 3.88. The van der Waals surface area contributed by atoms with Gasteiger partial charge in [-0.25, -0.2) is 4.79 Å². The highest BCUT2D eigenvalue weighted by Gasteiger charge is 2.11. The molecule has 1 atom stereocenters. The molecule has 1 aromatic heterocycles. The molecule has 1 unspecified atom stereocenters. The molecule has 0 spiro atoms. The van der Waals surface area contributed by atoms with E-state index in [0.29, 0.717) is 23.0 Å². The minimum absolute atomic E-state index is 0.159. The fraction of sp³-hybridized carbons (Fsp3) is 0.308. The van der Waals surface area contributed by atoms with E-state index in [-0.39, 0.29) is 6.10 Å². The molecule has 0 radical (unpaired) electrons. The van der Waals surface area contributed by atoms with E-state index in [1.165, 1.54) is 6.07 Å². The molecule has 4 nitrogen and oxygen atoms in total. The summed E-state index contributed by atoms with van der Waals surface area (Å²) < 4.78 is 15.9. The largest absolute Gasteiger partial charge is 0.493 e. The molecule has 96 valence electrons. The van der Waals surface area contributed by atoms with E-state index in [9.17, 15) is 4.79 Å². The molecule has 1 heterocycles. The Hall–Kier alpha value is -1.68. The van der Waals surface area contributed by atoms with Crippen LogP contribution in [0.2, 0.25) is 0 Å². The molecular weight excluding hydrogens is 256 g/mol. The van der Waals surface area contributed by atoms with Crippen molar-refractivity contribution in [3.05, 3.63) is 34.7 Å². The van der Waals surface area contributed by atoms with Gasteiger partial charge in [0.1, 0.15) is 11.7 Å². The molecular formula is C13H13ClO4. The third-order valence-corrected chi connectivity index (χ3v) is 2.89. The van der Waals surface area contributed by atoms with Crippen LogP contribution in [0.4, 0.5) is 0 Å². The summed E-state index contributed by atoms with van der Waals surface area (Å²) in [5.74, 6) is 1.45. The molecule has 0 aliphatic carbocycles. The predicted molar refractivity (Wildman–Crippen MR) is 69.8 cm³/mol. The third-order valence-electron chi connectivity index (χ3n) is 2.45. The van der Waals surface area contributed by atoms with Crippen molar-refractivity contribution in [2.75, 3.05) is 13.0 Å². The van der Waals surface area contributed by atoms with Crippen molar-refractivity contribution in [1.29, 1.82) is 0 Å². The first kappa shape index (κ1) is 12.8. The van der Waals surface area contributed by atoms with Crippen molar-refractivity contribution in [2.45, 2.75) is 13.0 Å². The van der Waals surface area contributed by atoms with E-state index in [0.717, 1.165) is 5.39 Å². The molecule has 2 rings (SSSR count). The quantitative estimate of drug-likeness (QED) is 0.632. The SMILES string of the molecule is COc1cc2ccc(=O)oc2cc1OC(C)CCl. The summed E-state index contributed by atoms with van der Waals surface area (Å²) in [6.07, 6.45) is -0.159. The van der Waals surface area contributed by atoms with Crippen LogP contribution in [-0.2, 0) is 0 Å². The number of hydrogen-bond donors (Lipinski definition) is 0. The summed E-state index contributed by atoms with van der Waals surface area (Å²) in [4.78, 5) is 11.2. The van der Waals surface area contributed by atoms with Gasteiger partial charge in [-0.15, -0.1) is 11.6 Å². The predicted octanol–water partition coefficient (Wildman–Crippen LogP) is 2.81. The second kappa shape index (κ2) is 5.31. The van der Waals surface area contributed by atoms with Crippen molar-refractivity contribution in [1.82, 2.24) is 0 Å². The van der Waals surface area contributed by atoms with Crippen LogP contribution in [0.1, 0.15) is 6.92 Å². The Labute approximate surface area is 109 Å². The van der Waals surface area contributed by atoms with Crippen molar-refractivity contribution in [3.8, 4) is 11.5 Å². The maximum absolute atomic E-state index is 11.2. The minimum atomic E-state index is -0.399. The average molecular weight is 269 g/mol. The van der Waals surface area contributed by atoms with Gasteiger partial charge in [0, 0.05) is 17.5 Å². The van der Waals surface area contributed by atoms with Gasteiger partial charge in [-0.1, -0.05) is 0 Å². The monoisotopic (exact) mass is 268 g/mol. The van der Waals surface area contributed by atoms with Gasteiger partial charge in [-0.2, -0.15) is 0 Å². The minimum Gasteiger partial charge on any atom is -0.493 e. The van der Waals surface area contributed by atoms with Crippen LogP contribution in [0.25, 0.3) is 11.0 Å². The highest BCUT2D eigenvalue weighted by atomic mass is 35.5. The molecule has 0 aliphatic heterocycles. The molecule has 5 heteroatoms. The summed E-state index contributed by atoms with van der Waals surface area (Å²) in [5.41, 5.74) is 0.0593. The number of rotatable bonds is 4. The number of fused-ring (bicyclic) bond motifs is 1. The Morgan fingerprint density at radius 1 is 1.33 bits per heavy atom. The Bertz CT molecular complexity index is 605. The first-order valence-electron chi connectivity index (χ1n) is 5.48. The molecule has 1 aromatic carbocycles. The van der Waals surface area contributed by atoms with Gasteiger partial charge >= 0.3 is 5.63 Å². The zero-order valence-electron chi connectivity index (χ0n) is 10.1. The van der Waals surface area contributed by atoms with Crippen LogP contribution in [0.3, 0.4) is 0 Å². The maximum atomic E-state index is 11.2. The first-order valence-corrected chi connectivity index (χ1v) is 6.02. The Balaban J connectivity index is 2.52. The van der Waals surface area contributed by atoms with Crippen LogP contribution in [0, 0.1) is 0 Å². The first-order chi connectivity index (χ1) is 8.63. The molecule has 0 N–H and O–H groups in total. The Morgan fingerprint density at radius 2 is 2.11 bits per heavy atom. The zero-order chi connectivity index (χ0) is 13.1. The van der Waals surface area contributed by atoms with Gasteiger partial charge in [-0.3, -0.25) is 0 Å². The van der Waals surface area contributed by atoms with Crippen LogP contribution in [0.5, 0.6) is 11.5 Å². The number of methoxy groups -OCH3 is 1. The number of ether oxygens (including phenoxy) is 2. The number of alkyl halides is 1. The standard InChI is InChI=1S/C13H13ClO4/c1-8(7-14)17-12-6-10-9(5-11(12)16-2)3-4-13(15)18-10/h3-6,8H,7H2,1-2H3. The van der Waals surface area contributed by atoms with Crippen molar-refractivity contribution in [3.63, 3.8) is 0 Å². The molecule has 0 aliphatic rings. The fourth-order valence-electron chi connectivity index (χ4n) is 1.58. The summed E-state index contributed by atoms with van der Waals surface area (Å²) in [7, 11) is 1.55. The van der Waals surface area contributed by atoms with E-state index in [2.05, 4.69) is 0 Å². The average Bonchev–Trinajstić information content (AvgIpc) is 2.37. The smallest absolute Gasteiger partial charge is 0.336 e. The zero-order valence-corrected chi connectivity index (χ0v) is 10.9. The second-order valence-corrected chi connectivity index (χ2v) is 4.19. The van der Waals surface area contributed by atoms with Gasteiger partial charge in [-0.05, 0) is 19.1 Å². The van der Waals surface area contributed by atoms with Gasteiger partial charge in [0.05, 0.1) is 13.0 Å². The molecule has 0 saturated carbocycles. The molecule has 0 fully saturated rings. The molecule has 18 heavy (non-hydrogen) atoms. The lowest BCUT2D eigenvalue weighted by Gasteiger charge is -2.15. The van der Waals surface area contributed by atoms with E-state index in [4.69, 9.17) is 25.5 Å². The lowest BCUT2D eigenvalue weighted by atomic mass is 10.2. The molecule has 0 saturated heterocycles. The van der Waals surface area contributed by atoms with Crippen molar-refractivity contribution < 1.29 is 13.9 Å². The lowest BCUT2D eigenvalue weighted by molar-refractivity contribution is 0.233. The lowest BCUT2D eigenvalue weighted by Crippen LogP contribution is -2.13. The van der Waals surface area contributed by atoms with Crippen LogP contribution >= 0.6 is 11.6 Å². The highest BCUT2D eigenvalue weighted by Crippen LogP contribution is 2.32. The normalized spacial score (nSPS) is 12.4. The van der Waals surface area contributed by atoms with Crippen LogP contribution in [0.15, 0.2) is 33.5 Å². The summed E-state index contributed by atoms with van der Waals surface area (Å²) in [6, 6.07) is 6.44. The summed E-state index contributed by atoms with van der Waals surface area (Å²) in [5, 5.41) is 0.775. The van der Waals surface area contributed by atoms with Crippen molar-refractivity contribution in [2.24, 2.45) is 0 Å². The highest BCUT2D eigenvalue weighted by molar-refractivity contribution is 6.18. The third kappa shape index (κ3) is 2.59. The molecule has 2 aromatic rings. The van der Waals surface area contributed by atoms with Crippen LogP contribution < -0.4 is 15.1 Å². The van der Waals surface area contributed by atoms with Gasteiger partial charge in [0.2, 0.25) is 0 Å². The summed E-state index contributed by atoms with van der Waals surface area (Å²) in [6.45, 7) is 1.85. The van der Waals surface area contributed by atoms with E-state index >= 15 is 0 Å². The number of halogens is 1. The fourth-order valence-corrected chi connectivity index (χ4v) is 1.64. The maximum Gasteiger partial charge on any atom is 0.336 e. The van der Waals surface area contributed by atoms with Crippen molar-refractivity contribution >= 4 is 22.6 Å². The Kier molecular flexibility index (Phi) is 3.77. The molecule has 0 amide bonds. The number of hydrogen-bond acceptors (Lipinski definition) is 4. The van der Waals surface area contributed by atoms with E-state index in [1.807, 2.05) is 6.92 Å². The summed E-state index contributed by atoms with van der Waals surface area (Å²) >= 11 is 5.70. The topological polar surface area (TPSA) is 48.7 Å². The van der Waals surface area contributed by atoms with E-state index in [1.54, 1.807) is 25.3 Å².